The first kappa shape index (κ1) is 14.4. The van der Waals surface area contributed by atoms with E-state index < -0.39 is 5.97 Å². The SMILES string of the molecule is CC(C)(C)N1CC(C(=O)O)C(c2ccc(Cl)cc2)C1. The Balaban J connectivity index is 2.27. The monoisotopic (exact) mass is 281 g/mol. The zero-order valence-electron chi connectivity index (χ0n) is 11.6. The number of carboxylic acids is 1. The molecule has 3 nitrogen and oxygen atoms in total. The second-order valence-corrected chi connectivity index (χ2v) is 6.62. The Morgan fingerprint density at radius 3 is 2.32 bits per heavy atom. The van der Waals surface area contributed by atoms with E-state index in [1.54, 1.807) is 0 Å². The van der Waals surface area contributed by atoms with E-state index in [9.17, 15) is 9.90 Å². The minimum absolute atomic E-state index is 0.00508. The fraction of sp³-hybridized carbons (Fsp3) is 0.533. The highest BCUT2D eigenvalue weighted by Gasteiger charge is 2.41. The number of benzene rings is 1. The van der Waals surface area contributed by atoms with Crippen molar-refractivity contribution in [1.29, 1.82) is 0 Å². The van der Waals surface area contributed by atoms with Crippen molar-refractivity contribution in [2.45, 2.75) is 32.2 Å². The molecular weight excluding hydrogens is 262 g/mol. The number of carbonyl (C=O) groups is 1. The molecule has 1 fully saturated rings. The van der Waals surface area contributed by atoms with Crippen LogP contribution in [0.2, 0.25) is 5.02 Å². The van der Waals surface area contributed by atoms with E-state index in [0.717, 1.165) is 12.1 Å². The van der Waals surface area contributed by atoms with Gasteiger partial charge in [-0.2, -0.15) is 0 Å². The lowest BCUT2D eigenvalue weighted by atomic mass is 9.89. The van der Waals surface area contributed by atoms with Crippen molar-refractivity contribution in [2.75, 3.05) is 13.1 Å². The van der Waals surface area contributed by atoms with E-state index >= 15 is 0 Å². The normalized spacial score (nSPS) is 24.6. The van der Waals surface area contributed by atoms with Crippen LogP contribution in [0.25, 0.3) is 0 Å². The molecule has 0 bridgehead atoms. The van der Waals surface area contributed by atoms with Crippen molar-refractivity contribution >= 4 is 17.6 Å². The summed E-state index contributed by atoms with van der Waals surface area (Å²) in [7, 11) is 0. The predicted octanol–water partition coefficient (Wildman–Crippen LogP) is 3.24. The van der Waals surface area contributed by atoms with Crippen LogP contribution in [0.4, 0.5) is 0 Å². The Labute approximate surface area is 119 Å². The second kappa shape index (κ2) is 5.14. The lowest BCUT2D eigenvalue weighted by Gasteiger charge is -2.31. The second-order valence-electron chi connectivity index (χ2n) is 6.18. The Bertz CT molecular complexity index is 464. The molecule has 1 N–H and O–H groups in total. The van der Waals surface area contributed by atoms with Gasteiger partial charge < -0.3 is 5.11 Å². The van der Waals surface area contributed by atoms with Crippen molar-refractivity contribution in [3.63, 3.8) is 0 Å². The average Bonchev–Trinajstić information content (AvgIpc) is 2.74. The Morgan fingerprint density at radius 1 is 1.26 bits per heavy atom. The third-order valence-electron chi connectivity index (χ3n) is 3.88. The molecular formula is C15H20ClNO2. The summed E-state index contributed by atoms with van der Waals surface area (Å²) in [6, 6.07) is 7.54. The van der Waals surface area contributed by atoms with Gasteiger partial charge in [-0.3, -0.25) is 9.69 Å². The minimum Gasteiger partial charge on any atom is -0.481 e. The van der Waals surface area contributed by atoms with Crippen LogP contribution in [0.5, 0.6) is 0 Å². The van der Waals surface area contributed by atoms with E-state index in [-0.39, 0.29) is 17.4 Å². The molecule has 1 saturated heterocycles. The number of hydrogen-bond donors (Lipinski definition) is 1. The largest absolute Gasteiger partial charge is 0.481 e. The molecule has 0 aromatic heterocycles. The number of carboxylic acid groups (broad SMARTS) is 1. The lowest BCUT2D eigenvalue weighted by molar-refractivity contribution is -0.141. The highest BCUT2D eigenvalue weighted by atomic mass is 35.5. The van der Waals surface area contributed by atoms with Gasteiger partial charge in [0.15, 0.2) is 0 Å². The zero-order valence-corrected chi connectivity index (χ0v) is 12.3. The molecule has 1 aromatic rings. The predicted molar refractivity (Wildman–Crippen MR) is 76.6 cm³/mol. The van der Waals surface area contributed by atoms with Crippen molar-refractivity contribution in [3.05, 3.63) is 34.9 Å². The van der Waals surface area contributed by atoms with Crippen LogP contribution >= 0.6 is 11.6 Å². The van der Waals surface area contributed by atoms with E-state index in [2.05, 4.69) is 25.7 Å². The van der Waals surface area contributed by atoms with E-state index in [1.807, 2.05) is 24.3 Å². The minimum atomic E-state index is -0.716. The summed E-state index contributed by atoms with van der Waals surface area (Å²) in [5.41, 5.74) is 1.05. The van der Waals surface area contributed by atoms with Crippen LogP contribution in [-0.4, -0.2) is 34.6 Å². The first-order chi connectivity index (χ1) is 8.79. The maximum Gasteiger partial charge on any atom is 0.308 e. The van der Waals surface area contributed by atoms with Crippen molar-refractivity contribution in [3.8, 4) is 0 Å². The maximum absolute atomic E-state index is 11.5. The molecule has 19 heavy (non-hydrogen) atoms. The number of likely N-dealkylation sites (tertiary alicyclic amines) is 1. The number of hydrogen-bond acceptors (Lipinski definition) is 2. The molecule has 2 rings (SSSR count). The summed E-state index contributed by atoms with van der Waals surface area (Å²) in [5.74, 6) is -1.03. The van der Waals surface area contributed by atoms with E-state index in [4.69, 9.17) is 11.6 Å². The van der Waals surface area contributed by atoms with Gasteiger partial charge >= 0.3 is 5.97 Å². The summed E-state index contributed by atoms with van der Waals surface area (Å²) >= 11 is 5.89. The Morgan fingerprint density at radius 2 is 1.84 bits per heavy atom. The highest BCUT2D eigenvalue weighted by Crippen LogP contribution is 2.36. The van der Waals surface area contributed by atoms with Crippen LogP contribution in [0.3, 0.4) is 0 Å². The molecule has 0 saturated carbocycles. The molecule has 1 aliphatic heterocycles. The van der Waals surface area contributed by atoms with E-state index in [1.165, 1.54) is 0 Å². The fourth-order valence-electron chi connectivity index (χ4n) is 2.65. The van der Waals surface area contributed by atoms with Crippen molar-refractivity contribution in [1.82, 2.24) is 4.90 Å². The van der Waals surface area contributed by atoms with E-state index in [0.29, 0.717) is 11.6 Å². The molecule has 2 unspecified atom stereocenters. The average molecular weight is 282 g/mol. The van der Waals surface area contributed by atoms with Crippen LogP contribution in [0, 0.1) is 5.92 Å². The molecule has 4 heteroatoms. The smallest absolute Gasteiger partial charge is 0.308 e. The molecule has 0 amide bonds. The summed E-state index contributed by atoms with van der Waals surface area (Å²) < 4.78 is 0. The molecule has 104 valence electrons. The zero-order chi connectivity index (χ0) is 14.2. The topological polar surface area (TPSA) is 40.5 Å². The van der Waals surface area contributed by atoms with Crippen molar-refractivity contribution < 1.29 is 9.90 Å². The Kier molecular flexibility index (Phi) is 3.88. The molecule has 1 aromatic carbocycles. The van der Waals surface area contributed by atoms with Crippen LogP contribution < -0.4 is 0 Å². The standard InChI is InChI=1S/C15H20ClNO2/c1-15(2,3)17-8-12(13(9-17)14(18)19)10-4-6-11(16)7-5-10/h4-7,12-13H,8-9H2,1-3H3,(H,18,19). The number of nitrogens with zero attached hydrogens (tertiary/aromatic N) is 1. The quantitative estimate of drug-likeness (QED) is 0.905. The third kappa shape index (κ3) is 3.10. The summed E-state index contributed by atoms with van der Waals surface area (Å²) in [6.45, 7) is 7.75. The molecule has 1 aliphatic rings. The molecule has 0 spiro atoms. The lowest BCUT2D eigenvalue weighted by Crippen LogP contribution is -2.40. The highest BCUT2D eigenvalue weighted by molar-refractivity contribution is 6.30. The number of halogens is 1. The van der Waals surface area contributed by atoms with Gasteiger partial charge in [0, 0.05) is 29.6 Å². The number of rotatable bonds is 2. The van der Waals surface area contributed by atoms with Crippen molar-refractivity contribution in [2.24, 2.45) is 5.92 Å². The van der Waals surface area contributed by atoms with Gasteiger partial charge in [0.2, 0.25) is 0 Å². The maximum atomic E-state index is 11.5. The first-order valence-electron chi connectivity index (χ1n) is 6.52. The third-order valence-corrected chi connectivity index (χ3v) is 4.14. The van der Waals surface area contributed by atoms with Crippen LogP contribution in [-0.2, 0) is 4.79 Å². The molecule has 1 heterocycles. The van der Waals surface area contributed by atoms with Gasteiger partial charge in [-0.15, -0.1) is 0 Å². The first-order valence-corrected chi connectivity index (χ1v) is 6.90. The van der Waals surface area contributed by atoms with Gasteiger partial charge in [0.1, 0.15) is 0 Å². The van der Waals surface area contributed by atoms with Gasteiger partial charge in [-0.05, 0) is 38.5 Å². The van der Waals surface area contributed by atoms with Gasteiger partial charge in [0.25, 0.3) is 0 Å². The number of aliphatic carboxylic acids is 1. The van der Waals surface area contributed by atoms with Crippen LogP contribution in [0.1, 0.15) is 32.3 Å². The van der Waals surface area contributed by atoms with Gasteiger partial charge in [-0.25, -0.2) is 0 Å². The summed E-state index contributed by atoms with van der Waals surface area (Å²) in [4.78, 5) is 13.7. The molecule has 0 radical (unpaired) electrons. The summed E-state index contributed by atoms with van der Waals surface area (Å²) in [5, 5.41) is 10.1. The molecule has 2 atom stereocenters. The fourth-order valence-corrected chi connectivity index (χ4v) is 2.78. The van der Waals surface area contributed by atoms with Gasteiger partial charge in [0.05, 0.1) is 5.92 Å². The Hall–Kier alpha value is -1.06. The van der Waals surface area contributed by atoms with Crippen LogP contribution in [0.15, 0.2) is 24.3 Å². The van der Waals surface area contributed by atoms with Gasteiger partial charge in [-0.1, -0.05) is 23.7 Å². The summed E-state index contributed by atoms with van der Waals surface area (Å²) in [6.07, 6.45) is 0. The molecule has 0 aliphatic carbocycles.